The van der Waals surface area contributed by atoms with Crippen molar-refractivity contribution < 1.29 is 9.90 Å². The van der Waals surface area contributed by atoms with Crippen LogP contribution >= 0.6 is 0 Å². The number of rotatable bonds is 2. The van der Waals surface area contributed by atoms with Crippen LogP contribution in [0.2, 0.25) is 0 Å². The molecular formula is C3H4N2O2. The molecule has 2 N–H and O–H groups in total. The first-order chi connectivity index (χ1) is 3.27. The van der Waals surface area contributed by atoms with E-state index in [0.29, 0.717) is 0 Å². The molecule has 0 saturated carbocycles. The minimum atomic E-state index is -1.04. The predicted octanol–water partition coefficient (Wildman–Crippen LogP) is -0.176. The highest BCUT2D eigenvalue weighted by molar-refractivity contribution is 5.70. The second-order valence-corrected chi connectivity index (χ2v) is 0.822. The highest BCUT2D eigenvalue weighted by atomic mass is 16.4. The molecular weight excluding hydrogens is 96.0 g/mol. The first-order valence-electron chi connectivity index (χ1n) is 1.57. The Morgan fingerprint density at radius 2 is 2.57 bits per heavy atom. The van der Waals surface area contributed by atoms with Crippen molar-refractivity contribution in [1.82, 2.24) is 0 Å². The van der Waals surface area contributed by atoms with Gasteiger partial charge in [-0.25, -0.2) is 10.4 Å². The number of nitrogens with zero attached hydrogens (tertiary/aromatic N) is 1. The van der Waals surface area contributed by atoms with Gasteiger partial charge in [0.2, 0.25) is 0 Å². The molecule has 0 rings (SSSR count). The third-order valence-corrected chi connectivity index (χ3v) is 0.293. The van der Waals surface area contributed by atoms with E-state index in [9.17, 15) is 4.79 Å². The van der Waals surface area contributed by atoms with Gasteiger partial charge in [0.15, 0.2) is 0 Å². The van der Waals surface area contributed by atoms with Crippen LogP contribution in [0.1, 0.15) is 0 Å². The van der Waals surface area contributed by atoms with Crippen LogP contribution in [0.3, 0.4) is 0 Å². The van der Waals surface area contributed by atoms with Crippen LogP contribution in [-0.4, -0.2) is 23.6 Å². The monoisotopic (exact) mass is 100 g/mol. The molecule has 7 heavy (non-hydrogen) atoms. The molecule has 0 bridgehead atoms. The summed E-state index contributed by atoms with van der Waals surface area (Å²) in [6, 6.07) is 1.59. The second-order valence-electron chi connectivity index (χ2n) is 0.822. The van der Waals surface area contributed by atoms with Crippen molar-refractivity contribution in [2.24, 2.45) is 4.99 Å². The van der Waals surface area contributed by atoms with Gasteiger partial charge in [0.1, 0.15) is 6.54 Å². The predicted molar refractivity (Wildman–Crippen MR) is 22.7 cm³/mol. The zero-order chi connectivity index (χ0) is 5.70. The molecule has 0 aromatic rings. The lowest BCUT2D eigenvalue weighted by molar-refractivity contribution is -0.135. The third kappa shape index (κ3) is 4.85. The number of hydrogen-bond donors (Lipinski definition) is 2. The molecule has 0 aliphatic rings. The Kier molecular flexibility index (Phi) is 2.55. The van der Waals surface area contributed by atoms with E-state index in [1.54, 1.807) is 6.01 Å². The Bertz CT molecular complexity index is 114. The van der Waals surface area contributed by atoms with Crippen LogP contribution in [0.5, 0.6) is 0 Å². The van der Waals surface area contributed by atoms with Crippen LogP contribution < -0.4 is 0 Å². The summed E-state index contributed by atoms with van der Waals surface area (Å²) in [4.78, 5) is 12.5. The molecule has 0 aliphatic carbocycles. The van der Waals surface area contributed by atoms with Crippen molar-refractivity contribution in [3.63, 3.8) is 0 Å². The molecule has 0 unspecified atom stereocenters. The molecule has 0 spiro atoms. The summed E-state index contributed by atoms with van der Waals surface area (Å²) in [6.45, 7) is -0.358. The number of hydrogen-bond acceptors (Lipinski definition) is 3. The summed E-state index contributed by atoms with van der Waals surface area (Å²) in [5.74, 6) is -1.04. The van der Waals surface area contributed by atoms with E-state index >= 15 is 0 Å². The largest absolute Gasteiger partial charge is 0.480 e. The van der Waals surface area contributed by atoms with E-state index in [-0.39, 0.29) is 6.54 Å². The van der Waals surface area contributed by atoms with Gasteiger partial charge in [-0.2, -0.15) is 0 Å². The molecule has 0 radical (unpaired) electrons. The normalized spacial score (nSPS) is 6.86. The summed E-state index contributed by atoms with van der Waals surface area (Å²) < 4.78 is 0. The molecule has 0 fully saturated rings. The van der Waals surface area contributed by atoms with Gasteiger partial charge in [0.05, 0.1) is 6.01 Å². The molecule has 0 heterocycles. The molecule has 4 heteroatoms. The number of aliphatic imine (C=N–C) groups is 1. The number of nitrogens with one attached hydrogen (secondary N) is 1. The van der Waals surface area contributed by atoms with Crippen LogP contribution in [-0.2, 0) is 4.79 Å². The third-order valence-electron chi connectivity index (χ3n) is 0.293. The zero-order valence-electron chi connectivity index (χ0n) is 3.51. The minimum Gasteiger partial charge on any atom is -0.480 e. The highest BCUT2D eigenvalue weighted by Crippen LogP contribution is 1.62. The van der Waals surface area contributed by atoms with Gasteiger partial charge in [-0.05, 0) is 0 Å². The van der Waals surface area contributed by atoms with Gasteiger partial charge in [-0.1, -0.05) is 0 Å². The number of aliphatic carboxylic acids is 1. The summed E-state index contributed by atoms with van der Waals surface area (Å²) in [5.41, 5.74) is 0. The Hall–Kier alpha value is -1.15. The summed E-state index contributed by atoms with van der Waals surface area (Å²) in [5, 5.41) is 13.9. The first-order valence-corrected chi connectivity index (χ1v) is 1.57. The van der Waals surface area contributed by atoms with E-state index in [0.717, 1.165) is 0 Å². The van der Waals surface area contributed by atoms with Crippen molar-refractivity contribution in [2.45, 2.75) is 0 Å². The van der Waals surface area contributed by atoms with Crippen molar-refractivity contribution in [1.29, 1.82) is 5.41 Å². The molecule has 0 aromatic heterocycles. The van der Waals surface area contributed by atoms with E-state index in [1.165, 1.54) is 0 Å². The quantitative estimate of drug-likeness (QED) is 0.472. The number of carbonyl (C=O) groups is 1. The van der Waals surface area contributed by atoms with Crippen molar-refractivity contribution in [2.75, 3.05) is 6.54 Å². The highest BCUT2D eigenvalue weighted by Gasteiger charge is 1.86. The maximum absolute atomic E-state index is 9.54. The first kappa shape index (κ1) is 5.85. The van der Waals surface area contributed by atoms with E-state index in [4.69, 9.17) is 10.5 Å². The molecule has 4 nitrogen and oxygen atoms in total. The molecule has 0 atom stereocenters. The van der Waals surface area contributed by atoms with E-state index < -0.39 is 5.97 Å². The molecule has 0 saturated heterocycles. The summed E-state index contributed by atoms with van der Waals surface area (Å²) in [6.07, 6.45) is 0. The molecule has 0 aromatic carbocycles. The van der Waals surface area contributed by atoms with Crippen LogP contribution in [0, 0.1) is 5.41 Å². The number of carboxylic acid groups (broad SMARTS) is 1. The molecule has 0 aliphatic heterocycles. The molecule has 0 amide bonds. The lowest BCUT2D eigenvalue weighted by Gasteiger charge is -1.74. The maximum atomic E-state index is 9.54. The molecule has 38 valence electrons. The lowest BCUT2D eigenvalue weighted by Crippen LogP contribution is -1.97. The Morgan fingerprint density at radius 3 is 2.71 bits per heavy atom. The van der Waals surface area contributed by atoms with Gasteiger partial charge >= 0.3 is 5.97 Å². The Balaban J connectivity index is 3.32. The number of carboxylic acids is 1. The van der Waals surface area contributed by atoms with Gasteiger partial charge < -0.3 is 5.11 Å². The van der Waals surface area contributed by atoms with Crippen molar-refractivity contribution in [3.05, 3.63) is 0 Å². The van der Waals surface area contributed by atoms with Gasteiger partial charge in [-0.15, -0.1) is 0 Å². The fourth-order valence-corrected chi connectivity index (χ4v) is 0.107. The van der Waals surface area contributed by atoms with E-state index in [1.807, 2.05) is 0 Å². The van der Waals surface area contributed by atoms with Crippen LogP contribution in [0.25, 0.3) is 0 Å². The SMILES string of the molecule is N=C=NCC(=O)O. The van der Waals surface area contributed by atoms with Crippen LogP contribution in [0.4, 0.5) is 0 Å². The van der Waals surface area contributed by atoms with Gasteiger partial charge in [-0.3, -0.25) is 4.79 Å². The van der Waals surface area contributed by atoms with Crippen molar-refractivity contribution in [3.8, 4) is 0 Å². The lowest BCUT2D eigenvalue weighted by atomic mass is 10.7. The topological polar surface area (TPSA) is 73.5 Å². The van der Waals surface area contributed by atoms with Gasteiger partial charge in [0, 0.05) is 0 Å². The smallest absolute Gasteiger partial charge is 0.326 e. The summed E-state index contributed by atoms with van der Waals surface area (Å²) in [7, 11) is 0. The fourth-order valence-electron chi connectivity index (χ4n) is 0.107. The van der Waals surface area contributed by atoms with Crippen LogP contribution in [0.15, 0.2) is 4.99 Å². The fraction of sp³-hybridized carbons (Fsp3) is 0.333. The Labute approximate surface area is 40.0 Å². The van der Waals surface area contributed by atoms with Crippen molar-refractivity contribution >= 4 is 12.0 Å². The average Bonchev–Trinajstić information content (AvgIpc) is 1.61. The standard InChI is InChI=1S/C3H4N2O2/c4-2-5-1-3(6)7/h4H,1H2,(H,6,7). The summed E-state index contributed by atoms with van der Waals surface area (Å²) >= 11 is 0. The Morgan fingerprint density at radius 1 is 2.00 bits per heavy atom. The maximum Gasteiger partial charge on any atom is 0.326 e. The average molecular weight is 100 g/mol. The zero-order valence-corrected chi connectivity index (χ0v) is 3.51. The van der Waals surface area contributed by atoms with E-state index in [2.05, 4.69) is 4.99 Å². The van der Waals surface area contributed by atoms with Gasteiger partial charge in [0.25, 0.3) is 0 Å². The minimum absolute atomic E-state index is 0.358. The second kappa shape index (κ2) is 3.06.